The average Bonchev–Trinajstić information content (AvgIpc) is 2.27. The van der Waals surface area contributed by atoms with Gasteiger partial charge in [-0.1, -0.05) is 15.9 Å². The van der Waals surface area contributed by atoms with Crippen LogP contribution >= 0.6 is 28.6 Å². The van der Waals surface area contributed by atoms with Gasteiger partial charge < -0.3 is 4.90 Å². The second-order valence-electron chi connectivity index (χ2n) is 3.34. The Labute approximate surface area is 108 Å². The van der Waals surface area contributed by atoms with E-state index in [0.29, 0.717) is 23.4 Å². The van der Waals surface area contributed by atoms with Gasteiger partial charge in [-0.3, -0.25) is 9.59 Å². The molecule has 0 saturated heterocycles. The van der Waals surface area contributed by atoms with Gasteiger partial charge in [-0.05, 0) is 18.2 Å². The summed E-state index contributed by atoms with van der Waals surface area (Å²) in [6.45, 7) is 0.574. The van der Waals surface area contributed by atoms with E-state index in [1.165, 1.54) is 0 Å². The van der Waals surface area contributed by atoms with Crippen molar-refractivity contribution in [3.05, 3.63) is 33.8 Å². The molecule has 0 bridgehead atoms. The first kappa shape index (κ1) is 13.3. The van der Waals surface area contributed by atoms with Crippen LogP contribution in [0.25, 0.3) is 0 Å². The molecule has 3 nitrogen and oxygen atoms in total. The maximum atomic E-state index is 11.9. The lowest BCUT2D eigenvalue weighted by Gasteiger charge is -2.16. The summed E-state index contributed by atoms with van der Waals surface area (Å²) in [7, 11) is 1.71. The molecular weight excluding hydrogens is 290 g/mol. The molecule has 0 atom stereocenters. The molecule has 1 amide bonds. The number of hydrogen-bond acceptors (Lipinski definition) is 3. The first-order valence-electron chi connectivity index (χ1n) is 4.70. The van der Waals surface area contributed by atoms with Crippen molar-refractivity contribution in [2.24, 2.45) is 0 Å². The molecule has 0 aliphatic heterocycles. The van der Waals surface area contributed by atoms with Crippen LogP contribution in [0.4, 0.5) is 0 Å². The molecule has 5 heteroatoms. The van der Waals surface area contributed by atoms with Crippen LogP contribution in [0.1, 0.15) is 20.7 Å². The molecule has 0 spiro atoms. The van der Waals surface area contributed by atoms with Gasteiger partial charge in [0.1, 0.15) is 6.29 Å². The Morgan fingerprint density at radius 1 is 1.50 bits per heavy atom. The second-order valence-corrected chi connectivity index (χ2v) is 4.70. The Balaban J connectivity index is 2.99. The fourth-order valence-corrected chi connectivity index (χ4v) is 2.09. The predicted molar refractivity (Wildman–Crippen MR) is 70.3 cm³/mol. The van der Waals surface area contributed by atoms with E-state index in [9.17, 15) is 9.59 Å². The third kappa shape index (κ3) is 3.35. The SMILES string of the molecule is CN(CCS)C(=O)c1cc(Br)cc(C=O)c1. The largest absolute Gasteiger partial charge is 0.341 e. The second kappa shape index (κ2) is 6.06. The third-order valence-corrected chi connectivity index (χ3v) is 2.74. The minimum absolute atomic E-state index is 0.113. The van der Waals surface area contributed by atoms with Crippen molar-refractivity contribution in [1.82, 2.24) is 4.90 Å². The minimum atomic E-state index is -0.113. The van der Waals surface area contributed by atoms with Crippen LogP contribution in [0.5, 0.6) is 0 Å². The number of thiol groups is 1. The smallest absolute Gasteiger partial charge is 0.253 e. The predicted octanol–water partition coefficient (Wildman–Crippen LogP) is 2.26. The maximum absolute atomic E-state index is 11.9. The topological polar surface area (TPSA) is 37.4 Å². The monoisotopic (exact) mass is 301 g/mol. The van der Waals surface area contributed by atoms with Crippen molar-refractivity contribution < 1.29 is 9.59 Å². The summed E-state index contributed by atoms with van der Waals surface area (Å²) in [5.41, 5.74) is 0.984. The molecule has 1 aromatic carbocycles. The maximum Gasteiger partial charge on any atom is 0.253 e. The fourth-order valence-electron chi connectivity index (χ4n) is 1.28. The minimum Gasteiger partial charge on any atom is -0.341 e. The zero-order chi connectivity index (χ0) is 12.1. The van der Waals surface area contributed by atoms with Crippen LogP contribution in [0.2, 0.25) is 0 Å². The number of hydrogen-bond donors (Lipinski definition) is 1. The van der Waals surface area contributed by atoms with E-state index in [1.807, 2.05) is 0 Å². The summed E-state index contributed by atoms with van der Waals surface area (Å²) in [5, 5.41) is 0. The standard InChI is InChI=1S/C11H12BrNO2S/c1-13(2-3-16)11(15)9-4-8(7-14)5-10(12)6-9/h4-7,16H,2-3H2,1H3. The lowest BCUT2D eigenvalue weighted by atomic mass is 10.1. The highest BCUT2D eigenvalue weighted by molar-refractivity contribution is 9.10. The molecular formula is C11H12BrNO2S. The van der Waals surface area contributed by atoms with Crippen LogP contribution < -0.4 is 0 Å². The van der Waals surface area contributed by atoms with E-state index in [-0.39, 0.29) is 5.91 Å². The quantitative estimate of drug-likeness (QED) is 0.684. The highest BCUT2D eigenvalue weighted by atomic mass is 79.9. The summed E-state index contributed by atoms with van der Waals surface area (Å²) in [6, 6.07) is 4.95. The van der Waals surface area contributed by atoms with E-state index in [1.54, 1.807) is 30.1 Å². The Morgan fingerprint density at radius 2 is 2.19 bits per heavy atom. The van der Waals surface area contributed by atoms with Crippen LogP contribution in [0.3, 0.4) is 0 Å². The van der Waals surface area contributed by atoms with Crippen LogP contribution in [0, 0.1) is 0 Å². The van der Waals surface area contributed by atoms with E-state index in [2.05, 4.69) is 28.6 Å². The number of aldehydes is 1. The van der Waals surface area contributed by atoms with Gasteiger partial charge in [0.25, 0.3) is 5.91 Å². The van der Waals surface area contributed by atoms with Crippen LogP contribution in [-0.4, -0.2) is 36.4 Å². The lowest BCUT2D eigenvalue weighted by molar-refractivity contribution is 0.0803. The van der Waals surface area contributed by atoms with E-state index in [4.69, 9.17) is 0 Å². The molecule has 1 rings (SSSR count). The normalized spacial score (nSPS) is 9.94. The highest BCUT2D eigenvalue weighted by Crippen LogP contribution is 2.16. The molecule has 0 heterocycles. The fraction of sp³-hybridized carbons (Fsp3) is 0.273. The molecule has 0 unspecified atom stereocenters. The van der Waals surface area contributed by atoms with Crippen molar-refractivity contribution in [1.29, 1.82) is 0 Å². The first-order valence-corrected chi connectivity index (χ1v) is 6.13. The number of carbonyl (C=O) groups excluding carboxylic acids is 2. The summed E-state index contributed by atoms with van der Waals surface area (Å²) < 4.78 is 0.722. The molecule has 16 heavy (non-hydrogen) atoms. The molecule has 0 saturated carbocycles. The number of benzene rings is 1. The van der Waals surface area contributed by atoms with Gasteiger partial charge in [-0.15, -0.1) is 0 Å². The molecule has 0 fully saturated rings. The van der Waals surface area contributed by atoms with E-state index in [0.717, 1.165) is 10.8 Å². The Morgan fingerprint density at radius 3 is 2.75 bits per heavy atom. The molecule has 86 valence electrons. The van der Waals surface area contributed by atoms with Crippen molar-refractivity contribution in [3.8, 4) is 0 Å². The average molecular weight is 302 g/mol. The highest BCUT2D eigenvalue weighted by Gasteiger charge is 2.12. The Kier molecular flexibility index (Phi) is 5.02. The number of halogens is 1. The lowest BCUT2D eigenvalue weighted by Crippen LogP contribution is -2.28. The molecule has 0 radical (unpaired) electrons. The van der Waals surface area contributed by atoms with Crippen molar-refractivity contribution in [3.63, 3.8) is 0 Å². The molecule has 0 aliphatic carbocycles. The van der Waals surface area contributed by atoms with Gasteiger partial charge in [0.05, 0.1) is 0 Å². The van der Waals surface area contributed by atoms with Gasteiger partial charge in [-0.25, -0.2) is 0 Å². The van der Waals surface area contributed by atoms with Gasteiger partial charge in [0, 0.05) is 34.9 Å². The van der Waals surface area contributed by atoms with Gasteiger partial charge in [-0.2, -0.15) is 12.6 Å². The van der Waals surface area contributed by atoms with Crippen molar-refractivity contribution >= 4 is 40.8 Å². The summed E-state index contributed by atoms with van der Waals surface area (Å²) >= 11 is 7.33. The number of rotatable bonds is 4. The van der Waals surface area contributed by atoms with Crippen LogP contribution in [0.15, 0.2) is 22.7 Å². The summed E-state index contributed by atoms with van der Waals surface area (Å²) in [6.07, 6.45) is 0.722. The van der Waals surface area contributed by atoms with Gasteiger partial charge in [0.15, 0.2) is 0 Å². The molecule has 0 N–H and O–H groups in total. The number of carbonyl (C=O) groups is 2. The van der Waals surface area contributed by atoms with Crippen LogP contribution in [-0.2, 0) is 0 Å². The van der Waals surface area contributed by atoms with Crippen molar-refractivity contribution in [2.45, 2.75) is 0 Å². The molecule has 0 aromatic heterocycles. The summed E-state index contributed by atoms with van der Waals surface area (Å²) in [5.74, 6) is 0.495. The first-order chi connectivity index (χ1) is 7.58. The third-order valence-electron chi connectivity index (χ3n) is 2.09. The van der Waals surface area contributed by atoms with E-state index >= 15 is 0 Å². The van der Waals surface area contributed by atoms with Gasteiger partial charge >= 0.3 is 0 Å². The Hall–Kier alpha value is -0.810. The zero-order valence-electron chi connectivity index (χ0n) is 8.81. The Bertz CT molecular complexity index is 409. The summed E-state index contributed by atoms with van der Waals surface area (Å²) in [4.78, 5) is 24.2. The van der Waals surface area contributed by atoms with E-state index < -0.39 is 0 Å². The zero-order valence-corrected chi connectivity index (χ0v) is 11.3. The van der Waals surface area contributed by atoms with Crippen molar-refractivity contribution in [2.75, 3.05) is 19.3 Å². The van der Waals surface area contributed by atoms with Gasteiger partial charge in [0.2, 0.25) is 0 Å². The molecule has 1 aromatic rings. The number of nitrogens with zero attached hydrogens (tertiary/aromatic N) is 1. The molecule has 0 aliphatic rings. The number of amides is 1.